The van der Waals surface area contributed by atoms with Crippen LogP contribution in [0.15, 0.2) is 0 Å². The van der Waals surface area contributed by atoms with Crippen molar-refractivity contribution in [3.63, 3.8) is 0 Å². The fourth-order valence-electron chi connectivity index (χ4n) is 2.74. The van der Waals surface area contributed by atoms with Crippen molar-refractivity contribution in [2.24, 2.45) is 5.73 Å². The predicted molar refractivity (Wildman–Crippen MR) is 95.5 cm³/mol. The third-order valence-electron chi connectivity index (χ3n) is 4.35. The number of ketones is 1. The minimum absolute atomic E-state index is 0.357. The summed E-state index contributed by atoms with van der Waals surface area (Å²) in [7, 11) is 0. The van der Waals surface area contributed by atoms with E-state index in [1.807, 2.05) is 0 Å². The lowest BCUT2D eigenvalue weighted by Crippen LogP contribution is -2.29. The van der Waals surface area contributed by atoms with Crippen molar-refractivity contribution in [3.05, 3.63) is 0 Å². The van der Waals surface area contributed by atoms with Crippen LogP contribution in [0, 0.1) is 0 Å². The molecule has 0 spiro atoms. The minimum atomic E-state index is -0.938. The highest BCUT2D eigenvalue weighted by Crippen LogP contribution is 2.12. The van der Waals surface area contributed by atoms with Gasteiger partial charge in [-0.2, -0.15) is 0 Å². The molecule has 0 aliphatic heterocycles. The number of rotatable bonds is 17. The van der Waals surface area contributed by atoms with Gasteiger partial charge in [0, 0.05) is 12.8 Å². The lowest BCUT2D eigenvalue weighted by atomic mass is 10.0. The van der Waals surface area contributed by atoms with Gasteiger partial charge < -0.3 is 10.8 Å². The van der Waals surface area contributed by atoms with Crippen molar-refractivity contribution in [3.8, 4) is 0 Å². The highest BCUT2D eigenvalue weighted by molar-refractivity contribution is 5.78. The third kappa shape index (κ3) is 15.8. The summed E-state index contributed by atoms with van der Waals surface area (Å²) < 4.78 is 0. The Morgan fingerprint density at radius 2 is 1.22 bits per heavy atom. The van der Waals surface area contributed by atoms with Gasteiger partial charge in [-0.05, 0) is 19.3 Å². The molecule has 0 saturated heterocycles. The van der Waals surface area contributed by atoms with Crippen molar-refractivity contribution < 1.29 is 14.7 Å². The van der Waals surface area contributed by atoms with Crippen LogP contribution in [0.3, 0.4) is 0 Å². The molecule has 0 fully saturated rings. The van der Waals surface area contributed by atoms with Crippen LogP contribution < -0.4 is 5.73 Å². The molecule has 3 N–H and O–H groups in total. The molecule has 23 heavy (non-hydrogen) atoms. The first kappa shape index (κ1) is 22.1. The Balaban J connectivity index is 3.26. The summed E-state index contributed by atoms with van der Waals surface area (Å²) in [6.07, 6.45) is 15.9. The molecule has 0 aromatic carbocycles. The van der Waals surface area contributed by atoms with Crippen LogP contribution >= 0.6 is 0 Å². The summed E-state index contributed by atoms with van der Waals surface area (Å²) in [5.41, 5.74) is 5.43. The first-order valence-corrected chi connectivity index (χ1v) is 9.58. The van der Waals surface area contributed by atoms with E-state index in [0.29, 0.717) is 25.0 Å². The van der Waals surface area contributed by atoms with E-state index < -0.39 is 12.0 Å². The number of carbonyl (C=O) groups is 2. The molecule has 0 aromatic rings. The zero-order valence-corrected chi connectivity index (χ0v) is 15.0. The summed E-state index contributed by atoms with van der Waals surface area (Å²) in [6, 6.07) is -0.757. The number of carboxylic acid groups (broad SMARTS) is 1. The average Bonchev–Trinajstić information content (AvgIpc) is 2.52. The van der Waals surface area contributed by atoms with Crippen molar-refractivity contribution in [2.75, 3.05) is 0 Å². The summed E-state index contributed by atoms with van der Waals surface area (Å²) in [6.45, 7) is 2.24. The zero-order chi connectivity index (χ0) is 17.3. The Morgan fingerprint density at radius 3 is 1.70 bits per heavy atom. The molecule has 0 rings (SSSR count). The summed E-state index contributed by atoms with van der Waals surface area (Å²) >= 11 is 0. The van der Waals surface area contributed by atoms with Crippen LogP contribution in [0.4, 0.5) is 0 Å². The van der Waals surface area contributed by atoms with Gasteiger partial charge in [-0.1, -0.05) is 71.1 Å². The quantitative estimate of drug-likeness (QED) is 0.375. The first-order chi connectivity index (χ1) is 11.1. The number of Topliss-reactive ketones (excluding diaryl/α,β-unsaturated/α-hetero) is 1. The second-order valence-electron chi connectivity index (χ2n) is 6.66. The van der Waals surface area contributed by atoms with Crippen LogP contribution in [-0.4, -0.2) is 22.9 Å². The molecule has 0 bridgehead atoms. The van der Waals surface area contributed by atoms with E-state index in [2.05, 4.69) is 6.92 Å². The number of nitrogens with two attached hydrogens (primary N) is 1. The van der Waals surface area contributed by atoms with Gasteiger partial charge in [0.1, 0.15) is 11.8 Å². The van der Waals surface area contributed by atoms with E-state index in [1.165, 1.54) is 51.4 Å². The predicted octanol–water partition coefficient (Wildman–Crippen LogP) is 4.84. The molecule has 0 aliphatic rings. The van der Waals surface area contributed by atoms with E-state index in [4.69, 9.17) is 10.8 Å². The van der Waals surface area contributed by atoms with Gasteiger partial charge in [0.05, 0.1) is 0 Å². The molecular formula is C19H37NO3. The molecule has 0 heterocycles. The van der Waals surface area contributed by atoms with Crippen LogP contribution in [0.2, 0.25) is 0 Å². The Bertz CT molecular complexity index is 305. The highest BCUT2D eigenvalue weighted by atomic mass is 16.4. The summed E-state index contributed by atoms with van der Waals surface area (Å²) in [4.78, 5) is 22.3. The molecule has 0 aliphatic carbocycles. The Morgan fingerprint density at radius 1 is 0.783 bits per heavy atom. The average molecular weight is 328 g/mol. The first-order valence-electron chi connectivity index (χ1n) is 9.58. The third-order valence-corrected chi connectivity index (χ3v) is 4.35. The van der Waals surface area contributed by atoms with Gasteiger partial charge >= 0.3 is 5.97 Å². The lowest BCUT2D eigenvalue weighted by Gasteiger charge is -2.05. The fourth-order valence-corrected chi connectivity index (χ4v) is 2.74. The zero-order valence-electron chi connectivity index (χ0n) is 15.0. The number of hydrogen-bond acceptors (Lipinski definition) is 3. The van der Waals surface area contributed by atoms with Crippen molar-refractivity contribution >= 4 is 11.8 Å². The van der Waals surface area contributed by atoms with Crippen molar-refractivity contribution in [1.29, 1.82) is 0 Å². The maximum absolute atomic E-state index is 11.7. The largest absolute Gasteiger partial charge is 0.480 e. The smallest absolute Gasteiger partial charge is 0.320 e. The highest BCUT2D eigenvalue weighted by Gasteiger charge is 2.10. The number of carboxylic acids is 1. The Kier molecular flexibility index (Phi) is 15.4. The standard InChI is InChI=1S/C19H37NO3/c1-2-3-4-5-6-7-8-9-11-14-17(21)15-12-10-13-16-18(20)19(22)23/h18H,2-16,20H2,1H3,(H,22,23). The maximum atomic E-state index is 11.7. The van der Waals surface area contributed by atoms with E-state index in [9.17, 15) is 9.59 Å². The van der Waals surface area contributed by atoms with Crippen molar-refractivity contribution in [1.82, 2.24) is 0 Å². The molecule has 0 radical (unpaired) electrons. The van der Waals surface area contributed by atoms with Gasteiger partial charge in [-0.3, -0.25) is 9.59 Å². The SMILES string of the molecule is CCCCCCCCCCCC(=O)CCCCCC(N)C(=O)O. The number of hydrogen-bond donors (Lipinski definition) is 2. The van der Waals surface area contributed by atoms with Gasteiger partial charge in [-0.15, -0.1) is 0 Å². The van der Waals surface area contributed by atoms with Crippen LogP contribution in [0.5, 0.6) is 0 Å². The normalized spacial score (nSPS) is 12.3. The Labute approximate surface area is 142 Å². The fraction of sp³-hybridized carbons (Fsp3) is 0.895. The van der Waals surface area contributed by atoms with Gasteiger partial charge in [0.2, 0.25) is 0 Å². The molecule has 0 aromatic heterocycles. The maximum Gasteiger partial charge on any atom is 0.320 e. The summed E-state index contributed by atoms with van der Waals surface area (Å²) in [5, 5.41) is 8.66. The second kappa shape index (κ2) is 16.0. The summed E-state index contributed by atoms with van der Waals surface area (Å²) in [5.74, 6) is -0.582. The van der Waals surface area contributed by atoms with Crippen LogP contribution in [0.25, 0.3) is 0 Å². The number of carbonyl (C=O) groups excluding carboxylic acids is 1. The van der Waals surface area contributed by atoms with Crippen LogP contribution in [-0.2, 0) is 9.59 Å². The van der Waals surface area contributed by atoms with E-state index in [1.54, 1.807) is 0 Å². The second-order valence-corrected chi connectivity index (χ2v) is 6.66. The van der Waals surface area contributed by atoms with Gasteiger partial charge in [-0.25, -0.2) is 0 Å². The van der Waals surface area contributed by atoms with Gasteiger partial charge in [0.15, 0.2) is 0 Å². The van der Waals surface area contributed by atoms with E-state index in [0.717, 1.165) is 25.7 Å². The Hall–Kier alpha value is -0.900. The molecule has 136 valence electrons. The lowest BCUT2D eigenvalue weighted by molar-refractivity contribution is -0.138. The minimum Gasteiger partial charge on any atom is -0.480 e. The number of aliphatic carboxylic acids is 1. The topological polar surface area (TPSA) is 80.4 Å². The van der Waals surface area contributed by atoms with E-state index >= 15 is 0 Å². The van der Waals surface area contributed by atoms with Gasteiger partial charge in [0.25, 0.3) is 0 Å². The van der Waals surface area contributed by atoms with Crippen LogP contribution in [0.1, 0.15) is 103 Å². The molecular weight excluding hydrogens is 290 g/mol. The molecule has 1 atom stereocenters. The van der Waals surface area contributed by atoms with Crippen molar-refractivity contribution in [2.45, 2.75) is 109 Å². The molecule has 1 unspecified atom stereocenters. The molecule has 4 nitrogen and oxygen atoms in total. The number of unbranched alkanes of at least 4 members (excludes halogenated alkanes) is 10. The monoisotopic (exact) mass is 327 g/mol. The molecule has 0 amide bonds. The molecule has 4 heteroatoms. The molecule has 0 saturated carbocycles. The van der Waals surface area contributed by atoms with E-state index in [-0.39, 0.29) is 0 Å².